The van der Waals surface area contributed by atoms with E-state index in [2.05, 4.69) is 5.32 Å². The monoisotopic (exact) mass is 373 g/mol. The number of rotatable bonds is 6. The van der Waals surface area contributed by atoms with Crippen LogP contribution in [0, 0.1) is 0 Å². The molecule has 0 saturated heterocycles. The van der Waals surface area contributed by atoms with Gasteiger partial charge in [0.05, 0.1) is 12.7 Å². The van der Waals surface area contributed by atoms with Crippen molar-refractivity contribution in [3.8, 4) is 11.5 Å². The van der Waals surface area contributed by atoms with Gasteiger partial charge in [0.15, 0.2) is 11.5 Å². The van der Waals surface area contributed by atoms with Gasteiger partial charge >= 0.3 is 5.97 Å². The Kier molecular flexibility index (Phi) is 5.68. The van der Waals surface area contributed by atoms with Crippen molar-refractivity contribution in [3.63, 3.8) is 0 Å². The minimum absolute atomic E-state index is 0.206. The van der Waals surface area contributed by atoms with Crippen LogP contribution in [0.15, 0.2) is 47.4 Å². The number of carbonyl (C=O) groups is 2. The molecule has 0 unspecified atom stereocenters. The van der Waals surface area contributed by atoms with E-state index in [0.29, 0.717) is 23.6 Å². The predicted molar refractivity (Wildman–Crippen MR) is 97.5 cm³/mol. The molecule has 0 aliphatic carbocycles. The number of amides is 1. The summed E-state index contributed by atoms with van der Waals surface area (Å²) >= 11 is 1.30. The molecule has 2 aromatic rings. The van der Waals surface area contributed by atoms with Crippen LogP contribution in [-0.2, 0) is 16.1 Å². The van der Waals surface area contributed by atoms with Gasteiger partial charge in [-0.2, -0.15) is 0 Å². The molecular formula is C19H19NO5S. The summed E-state index contributed by atoms with van der Waals surface area (Å²) in [6.07, 6.45) is 0. The Morgan fingerprint density at radius 1 is 1.19 bits per heavy atom. The Balaban J connectivity index is 1.67. The molecule has 0 fully saturated rings. The topological polar surface area (TPSA) is 73.9 Å². The molecule has 1 amide bonds. The lowest BCUT2D eigenvalue weighted by atomic mass is 10.1. The van der Waals surface area contributed by atoms with Crippen molar-refractivity contribution >= 4 is 23.6 Å². The minimum atomic E-state index is -0.400. The van der Waals surface area contributed by atoms with E-state index in [9.17, 15) is 9.59 Å². The molecule has 0 spiro atoms. The molecule has 7 heteroatoms. The summed E-state index contributed by atoms with van der Waals surface area (Å²) in [6.45, 7) is 2.33. The van der Waals surface area contributed by atoms with E-state index in [1.807, 2.05) is 30.3 Å². The Bertz CT molecular complexity index is 823. The standard InChI is InChI=1S/C19H19NO5S/c1-12(19(22)23-2)26-17-6-4-3-5-14(17)18(21)20-10-13-7-8-15-16(9-13)25-11-24-15/h3-9,12H,10-11H2,1-2H3,(H,20,21)/t12-/m0/s1. The number of thioether (sulfide) groups is 1. The fraction of sp³-hybridized carbons (Fsp3) is 0.263. The molecule has 0 bridgehead atoms. The second-order valence-corrected chi connectivity index (χ2v) is 7.03. The van der Waals surface area contributed by atoms with Gasteiger partial charge in [-0.05, 0) is 36.8 Å². The van der Waals surface area contributed by atoms with Crippen molar-refractivity contribution in [1.82, 2.24) is 5.32 Å². The number of nitrogens with one attached hydrogen (secondary N) is 1. The third-order valence-electron chi connectivity index (χ3n) is 3.86. The first-order valence-corrected chi connectivity index (χ1v) is 8.96. The highest BCUT2D eigenvalue weighted by atomic mass is 32.2. The van der Waals surface area contributed by atoms with Crippen LogP contribution in [0.4, 0.5) is 0 Å². The maximum absolute atomic E-state index is 12.6. The number of ether oxygens (including phenoxy) is 3. The quantitative estimate of drug-likeness (QED) is 0.620. The number of methoxy groups -OCH3 is 1. The van der Waals surface area contributed by atoms with Gasteiger partial charge in [-0.25, -0.2) is 0 Å². The Labute approximate surface area is 155 Å². The molecule has 1 N–H and O–H groups in total. The molecule has 6 nitrogen and oxygen atoms in total. The van der Waals surface area contributed by atoms with Crippen molar-refractivity contribution in [2.75, 3.05) is 13.9 Å². The van der Waals surface area contributed by atoms with Crippen molar-refractivity contribution < 1.29 is 23.8 Å². The lowest BCUT2D eigenvalue weighted by molar-refractivity contribution is -0.139. The average molecular weight is 373 g/mol. The molecule has 3 rings (SSSR count). The van der Waals surface area contributed by atoms with E-state index in [0.717, 1.165) is 10.5 Å². The lowest BCUT2D eigenvalue weighted by Gasteiger charge is -2.13. The number of benzene rings is 2. The third kappa shape index (κ3) is 4.11. The van der Waals surface area contributed by atoms with Crippen LogP contribution in [-0.4, -0.2) is 31.0 Å². The van der Waals surface area contributed by atoms with Crippen molar-refractivity contribution in [3.05, 3.63) is 53.6 Å². The Morgan fingerprint density at radius 2 is 1.96 bits per heavy atom. The minimum Gasteiger partial charge on any atom is -0.468 e. The molecule has 136 valence electrons. The normalized spacial score (nSPS) is 13.2. The lowest BCUT2D eigenvalue weighted by Crippen LogP contribution is -2.24. The van der Waals surface area contributed by atoms with Crippen molar-refractivity contribution in [2.24, 2.45) is 0 Å². The van der Waals surface area contributed by atoms with Crippen LogP contribution in [0.5, 0.6) is 11.5 Å². The fourth-order valence-electron chi connectivity index (χ4n) is 2.49. The van der Waals surface area contributed by atoms with E-state index in [4.69, 9.17) is 14.2 Å². The number of hydrogen-bond acceptors (Lipinski definition) is 6. The number of esters is 1. The maximum atomic E-state index is 12.6. The maximum Gasteiger partial charge on any atom is 0.318 e. The van der Waals surface area contributed by atoms with Crippen LogP contribution in [0.1, 0.15) is 22.8 Å². The Morgan fingerprint density at radius 3 is 2.77 bits per heavy atom. The van der Waals surface area contributed by atoms with Crippen molar-refractivity contribution in [2.45, 2.75) is 23.6 Å². The predicted octanol–water partition coefficient (Wildman–Crippen LogP) is 3.00. The van der Waals surface area contributed by atoms with Gasteiger partial charge in [-0.1, -0.05) is 18.2 Å². The summed E-state index contributed by atoms with van der Waals surface area (Å²) < 4.78 is 15.4. The van der Waals surface area contributed by atoms with Gasteiger partial charge in [-0.3, -0.25) is 9.59 Å². The summed E-state index contributed by atoms with van der Waals surface area (Å²) in [7, 11) is 1.35. The summed E-state index contributed by atoms with van der Waals surface area (Å²) in [4.78, 5) is 25.0. The summed E-state index contributed by atoms with van der Waals surface area (Å²) in [5.74, 6) is 0.853. The van der Waals surface area contributed by atoms with E-state index < -0.39 is 5.25 Å². The zero-order valence-electron chi connectivity index (χ0n) is 14.5. The second-order valence-electron chi connectivity index (χ2n) is 5.65. The van der Waals surface area contributed by atoms with E-state index >= 15 is 0 Å². The van der Waals surface area contributed by atoms with Gasteiger partial charge in [0.25, 0.3) is 5.91 Å². The average Bonchev–Trinajstić information content (AvgIpc) is 3.13. The van der Waals surface area contributed by atoms with Crippen LogP contribution >= 0.6 is 11.8 Å². The van der Waals surface area contributed by atoms with Crippen molar-refractivity contribution in [1.29, 1.82) is 0 Å². The molecule has 0 aromatic heterocycles. The summed E-state index contributed by atoms with van der Waals surface area (Å²) in [6, 6.07) is 12.7. The smallest absolute Gasteiger partial charge is 0.318 e. The molecule has 1 heterocycles. The molecule has 1 atom stereocenters. The van der Waals surface area contributed by atoms with Gasteiger partial charge < -0.3 is 19.5 Å². The highest BCUT2D eigenvalue weighted by Gasteiger charge is 2.19. The molecular weight excluding hydrogens is 354 g/mol. The van der Waals surface area contributed by atoms with Crippen LogP contribution in [0.3, 0.4) is 0 Å². The van der Waals surface area contributed by atoms with E-state index in [-0.39, 0.29) is 18.7 Å². The highest BCUT2D eigenvalue weighted by Crippen LogP contribution is 2.32. The summed E-state index contributed by atoms with van der Waals surface area (Å²) in [5.41, 5.74) is 1.43. The van der Waals surface area contributed by atoms with Gasteiger partial charge in [0.2, 0.25) is 6.79 Å². The van der Waals surface area contributed by atoms with Crippen LogP contribution < -0.4 is 14.8 Å². The highest BCUT2D eigenvalue weighted by molar-refractivity contribution is 8.00. The molecule has 1 aliphatic rings. The first kappa shape index (κ1) is 18.1. The largest absolute Gasteiger partial charge is 0.468 e. The fourth-order valence-corrected chi connectivity index (χ4v) is 3.51. The second kappa shape index (κ2) is 8.14. The van der Waals surface area contributed by atoms with Crippen LogP contribution in [0.2, 0.25) is 0 Å². The summed E-state index contributed by atoms with van der Waals surface area (Å²) in [5, 5.41) is 2.50. The van der Waals surface area contributed by atoms with Gasteiger partial charge in [0.1, 0.15) is 5.25 Å². The number of carbonyl (C=O) groups excluding carboxylic acids is 2. The third-order valence-corrected chi connectivity index (χ3v) is 5.01. The van der Waals surface area contributed by atoms with Crippen LogP contribution in [0.25, 0.3) is 0 Å². The SMILES string of the molecule is COC(=O)[C@H](C)Sc1ccccc1C(=O)NCc1ccc2c(c1)OCO2. The molecule has 0 saturated carbocycles. The number of fused-ring (bicyclic) bond motifs is 1. The first-order chi connectivity index (χ1) is 12.6. The molecule has 0 radical (unpaired) electrons. The van der Waals surface area contributed by atoms with Gasteiger partial charge in [-0.15, -0.1) is 11.8 Å². The molecule has 26 heavy (non-hydrogen) atoms. The molecule has 2 aromatic carbocycles. The first-order valence-electron chi connectivity index (χ1n) is 8.08. The number of hydrogen-bond donors (Lipinski definition) is 1. The van der Waals surface area contributed by atoms with E-state index in [1.165, 1.54) is 18.9 Å². The van der Waals surface area contributed by atoms with E-state index in [1.54, 1.807) is 19.1 Å². The van der Waals surface area contributed by atoms with Gasteiger partial charge in [0, 0.05) is 11.4 Å². The zero-order valence-corrected chi connectivity index (χ0v) is 15.3. The Hall–Kier alpha value is -2.67. The zero-order chi connectivity index (χ0) is 18.5. The molecule has 1 aliphatic heterocycles.